The van der Waals surface area contributed by atoms with E-state index < -0.39 is 0 Å². The summed E-state index contributed by atoms with van der Waals surface area (Å²) in [5.41, 5.74) is 3.99. The molecule has 0 aromatic heterocycles. The molecule has 1 N–H and O–H groups in total. The predicted octanol–water partition coefficient (Wildman–Crippen LogP) is 5.67. The topological polar surface area (TPSA) is 32.7 Å². The van der Waals surface area contributed by atoms with Gasteiger partial charge in [-0.1, -0.05) is 42.5 Å². The van der Waals surface area contributed by atoms with Gasteiger partial charge in [-0.05, 0) is 59.2 Å². The van der Waals surface area contributed by atoms with E-state index in [1.54, 1.807) is 6.07 Å². The van der Waals surface area contributed by atoms with Gasteiger partial charge in [-0.25, -0.2) is 4.39 Å². The average molecular weight is 450 g/mol. The number of hydrogen-bond donors (Lipinski definition) is 1. The highest BCUT2D eigenvalue weighted by Crippen LogP contribution is 2.47. The Morgan fingerprint density at radius 3 is 2.52 bits per heavy atom. The number of fused-ring (bicyclic) bond motifs is 1. The number of rotatable bonds is 7. The molecule has 3 aromatic rings. The molecule has 33 heavy (non-hydrogen) atoms. The molecule has 5 rings (SSSR count). The number of likely N-dealkylation sites (tertiary alicyclic amines) is 1. The highest BCUT2D eigenvalue weighted by molar-refractivity contribution is 5.48. The van der Waals surface area contributed by atoms with Crippen molar-refractivity contribution in [2.45, 2.75) is 24.7 Å². The van der Waals surface area contributed by atoms with Crippen LogP contribution in [-0.2, 0) is 6.42 Å². The number of nitrogens with zero attached hydrogens (tertiary/aromatic N) is 1. The Morgan fingerprint density at radius 1 is 0.970 bits per heavy atom. The van der Waals surface area contributed by atoms with Crippen LogP contribution in [0.3, 0.4) is 0 Å². The fourth-order valence-corrected chi connectivity index (χ4v) is 5.35. The minimum Gasteiger partial charge on any atom is -0.508 e. The van der Waals surface area contributed by atoms with E-state index in [1.165, 1.54) is 11.6 Å². The smallest absolute Gasteiger partial charge is 0.130 e. The Labute approximate surface area is 193 Å². The van der Waals surface area contributed by atoms with E-state index >= 15 is 4.39 Å². The van der Waals surface area contributed by atoms with Crippen LogP contribution in [0.1, 0.15) is 40.5 Å². The van der Waals surface area contributed by atoms with E-state index in [9.17, 15) is 9.50 Å². The number of hydrogen-bond acceptors (Lipinski definition) is 3. The summed E-state index contributed by atoms with van der Waals surface area (Å²) < 4.78 is 33.8. The Morgan fingerprint density at radius 2 is 1.76 bits per heavy atom. The number of ether oxygens (including phenoxy) is 1. The zero-order valence-corrected chi connectivity index (χ0v) is 18.6. The molecule has 0 bridgehead atoms. The molecular weight excluding hydrogens is 420 g/mol. The number of phenolic OH excluding ortho intramolecular Hbond substituents is 1. The van der Waals surface area contributed by atoms with Crippen LogP contribution in [0.4, 0.5) is 8.78 Å². The van der Waals surface area contributed by atoms with Crippen molar-refractivity contribution >= 4 is 0 Å². The lowest BCUT2D eigenvalue weighted by atomic mass is 9.69. The lowest BCUT2D eigenvalue weighted by Crippen LogP contribution is -2.49. The van der Waals surface area contributed by atoms with Crippen molar-refractivity contribution in [1.82, 2.24) is 4.90 Å². The average Bonchev–Trinajstić information content (AvgIpc) is 2.80. The lowest BCUT2D eigenvalue weighted by molar-refractivity contribution is 0.0668. The second kappa shape index (κ2) is 9.52. The molecule has 1 aliphatic heterocycles. The molecule has 5 heteroatoms. The van der Waals surface area contributed by atoms with Crippen molar-refractivity contribution in [1.29, 1.82) is 0 Å². The highest BCUT2D eigenvalue weighted by Gasteiger charge is 2.34. The molecule has 3 aromatic carbocycles. The van der Waals surface area contributed by atoms with Crippen molar-refractivity contribution in [3.05, 3.63) is 94.8 Å². The Hall–Kier alpha value is -2.92. The standard InChI is InChI=1S/C28H29F2NO2/c29-16-19-17-31(18-19)12-13-33-23-8-11-26(27(30)15-23)28-24(20-4-2-1-3-5-20)9-6-21-14-22(32)7-10-25(21)28/h1-5,7-8,10-11,14-15,19,24,28,32H,6,9,12-13,16-18H2/t24-,28+/m1/s1. The number of aryl methyl sites for hydroxylation is 1. The van der Waals surface area contributed by atoms with Crippen LogP contribution in [-0.4, -0.2) is 42.9 Å². The molecule has 1 aliphatic carbocycles. The van der Waals surface area contributed by atoms with Gasteiger partial charge >= 0.3 is 0 Å². The van der Waals surface area contributed by atoms with E-state index in [-0.39, 0.29) is 36.0 Å². The summed E-state index contributed by atoms with van der Waals surface area (Å²) >= 11 is 0. The largest absolute Gasteiger partial charge is 0.508 e. The molecule has 0 radical (unpaired) electrons. The molecule has 3 nitrogen and oxygen atoms in total. The molecule has 0 amide bonds. The van der Waals surface area contributed by atoms with Crippen molar-refractivity contribution in [3.63, 3.8) is 0 Å². The van der Waals surface area contributed by atoms with E-state index in [4.69, 9.17) is 4.74 Å². The fourth-order valence-electron chi connectivity index (χ4n) is 5.35. The summed E-state index contributed by atoms with van der Waals surface area (Å²) in [6.45, 7) is 2.44. The van der Waals surface area contributed by atoms with Crippen LogP contribution in [0.25, 0.3) is 0 Å². The van der Waals surface area contributed by atoms with Crippen LogP contribution in [0.2, 0.25) is 0 Å². The summed E-state index contributed by atoms with van der Waals surface area (Å²) in [7, 11) is 0. The predicted molar refractivity (Wildman–Crippen MR) is 125 cm³/mol. The first kappa shape index (κ1) is 21.9. The first-order chi connectivity index (χ1) is 16.1. The minimum absolute atomic E-state index is 0.135. The molecule has 1 heterocycles. The molecule has 0 saturated carbocycles. The Balaban J connectivity index is 1.38. The molecule has 1 saturated heterocycles. The van der Waals surface area contributed by atoms with Crippen LogP contribution in [0.5, 0.6) is 11.5 Å². The maximum absolute atomic E-state index is 15.5. The van der Waals surface area contributed by atoms with Crippen LogP contribution < -0.4 is 4.74 Å². The summed E-state index contributed by atoms with van der Waals surface area (Å²) in [6.07, 6.45) is 1.74. The van der Waals surface area contributed by atoms with Crippen molar-refractivity contribution in [2.24, 2.45) is 5.92 Å². The zero-order valence-electron chi connectivity index (χ0n) is 18.6. The van der Waals surface area contributed by atoms with Gasteiger partial charge in [-0.2, -0.15) is 0 Å². The van der Waals surface area contributed by atoms with Crippen molar-refractivity contribution < 1.29 is 18.6 Å². The molecular formula is C28H29F2NO2. The zero-order chi connectivity index (χ0) is 22.8. The summed E-state index contributed by atoms with van der Waals surface area (Å²) in [5.74, 6) is 0.649. The number of phenols is 1. The van der Waals surface area contributed by atoms with E-state index in [1.807, 2.05) is 42.5 Å². The molecule has 172 valence electrons. The number of alkyl halides is 1. The quantitative estimate of drug-likeness (QED) is 0.504. The summed E-state index contributed by atoms with van der Waals surface area (Å²) in [4.78, 5) is 2.15. The summed E-state index contributed by atoms with van der Waals surface area (Å²) in [5, 5.41) is 9.98. The van der Waals surface area contributed by atoms with Gasteiger partial charge in [0.15, 0.2) is 0 Å². The number of halogens is 2. The van der Waals surface area contributed by atoms with Gasteiger partial charge in [0.25, 0.3) is 0 Å². The van der Waals surface area contributed by atoms with Gasteiger partial charge in [0.2, 0.25) is 0 Å². The van der Waals surface area contributed by atoms with E-state index in [2.05, 4.69) is 17.0 Å². The van der Waals surface area contributed by atoms with Crippen LogP contribution >= 0.6 is 0 Å². The third-order valence-electron chi connectivity index (χ3n) is 7.05. The van der Waals surface area contributed by atoms with Gasteiger partial charge in [-0.3, -0.25) is 9.29 Å². The van der Waals surface area contributed by atoms with Crippen molar-refractivity contribution in [3.8, 4) is 11.5 Å². The maximum atomic E-state index is 15.5. The first-order valence-corrected chi connectivity index (χ1v) is 11.7. The number of benzene rings is 3. The third-order valence-corrected chi connectivity index (χ3v) is 7.05. The minimum atomic E-state index is -0.277. The van der Waals surface area contributed by atoms with Gasteiger partial charge < -0.3 is 9.84 Å². The Bertz CT molecular complexity index is 1100. The molecule has 0 unspecified atom stereocenters. The van der Waals surface area contributed by atoms with Crippen LogP contribution in [0.15, 0.2) is 66.7 Å². The van der Waals surface area contributed by atoms with Gasteiger partial charge in [-0.15, -0.1) is 0 Å². The highest BCUT2D eigenvalue weighted by atomic mass is 19.1. The monoisotopic (exact) mass is 449 g/mol. The Kier molecular flexibility index (Phi) is 6.32. The molecule has 0 spiro atoms. The first-order valence-electron chi connectivity index (χ1n) is 11.7. The molecule has 1 fully saturated rings. The van der Waals surface area contributed by atoms with E-state index in [0.29, 0.717) is 17.9 Å². The maximum Gasteiger partial charge on any atom is 0.130 e. The third kappa shape index (κ3) is 4.60. The van der Waals surface area contributed by atoms with E-state index in [0.717, 1.165) is 43.6 Å². The second-order valence-electron chi connectivity index (χ2n) is 9.23. The van der Waals surface area contributed by atoms with Gasteiger partial charge in [0, 0.05) is 37.5 Å². The second-order valence-corrected chi connectivity index (χ2v) is 9.23. The number of aromatic hydroxyl groups is 1. The van der Waals surface area contributed by atoms with Crippen LogP contribution in [0, 0.1) is 11.7 Å². The molecule has 2 aliphatic rings. The van der Waals surface area contributed by atoms with Gasteiger partial charge in [0.1, 0.15) is 23.9 Å². The SMILES string of the molecule is Oc1ccc2c(c1)CC[C@H](c1ccccc1)[C@@H]2c1ccc(OCCN2CC(CF)C2)cc1F. The molecule has 2 atom stereocenters. The summed E-state index contributed by atoms with van der Waals surface area (Å²) in [6, 6.07) is 20.9. The normalized spacial score (nSPS) is 20.8. The fraction of sp³-hybridized carbons (Fsp3) is 0.357. The van der Waals surface area contributed by atoms with Gasteiger partial charge in [0.05, 0.1) is 6.67 Å². The lowest BCUT2D eigenvalue weighted by Gasteiger charge is -2.37. The van der Waals surface area contributed by atoms with Crippen molar-refractivity contribution in [2.75, 3.05) is 32.9 Å².